The third-order valence-electron chi connectivity index (χ3n) is 3.77. The van der Waals surface area contributed by atoms with Crippen LogP contribution >= 0.6 is 0 Å². The van der Waals surface area contributed by atoms with E-state index in [1.165, 1.54) is 12.8 Å². The van der Waals surface area contributed by atoms with Crippen molar-refractivity contribution < 1.29 is 9.13 Å². The highest BCUT2D eigenvalue weighted by Gasteiger charge is 2.33. The molecule has 1 fully saturated rings. The molecule has 19 heavy (non-hydrogen) atoms. The standard InChI is InChI=1S/C14H22FN3O/c1-10(11-3-4-11)18(7-8-19-2)14-13(15)12(9-16)5-6-17-14/h5-6,10-11H,3-4,7-9,16H2,1-2H3. The number of ether oxygens (including phenoxy) is 1. The van der Waals surface area contributed by atoms with Crippen LogP contribution in [0.3, 0.4) is 0 Å². The molecule has 1 aromatic rings. The van der Waals surface area contributed by atoms with Crippen LogP contribution in [-0.2, 0) is 11.3 Å². The Morgan fingerprint density at radius 3 is 2.89 bits per heavy atom. The molecule has 1 aromatic heterocycles. The monoisotopic (exact) mass is 267 g/mol. The van der Waals surface area contributed by atoms with Gasteiger partial charge in [-0.05, 0) is 31.7 Å². The molecule has 0 spiro atoms. The van der Waals surface area contributed by atoms with Gasteiger partial charge in [0.1, 0.15) is 0 Å². The van der Waals surface area contributed by atoms with Crippen molar-refractivity contribution in [3.8, 4) is 0 Å². The molecule has 5 heteroatoms. The maximum absolute atomic E-state index is 14.4. The highest BCUT2D eigenvalue weighted by molar-refractivity contribution is 5.44. The smallest absolute Gasteiger partial charge is 0.170 e. The third kappa shape index (κ3) is 3.22. The summed E-state index contributed by atoms with van der Waals surface area (Å²) in [6.07, 6.45) is 4.05. The van der Waals surface area contributed by atoms with Gasteiger partial charge < -0.3 is 15.4 Å². The number of pyridine rings is 1. The van der Waals surface area contributed by atoms with Crippen LogP contribution in [0.15, 0.2) is 12.3 Å². The second kappa shape index (κ2) is 6.30. The van der Waals surface area contributed by atoms with Gasteiger partial charge >= 0.3 is 0 Å². The van der Waals surface area contributed by atoms with E-state index in [2.05, 4.69) is 11.9 Å². The molecule has 0 bridgehead atoms. The summed E-state index contributed by atoms with van der Waals surface area (Å²) in [4.78, 5) is 6.22. The number of halogens is 1. The summed E-state index contributed by atoms with van der Waals surface area (Å²) < 4.78 is 19.5. The molecule has 1 aliphatic rings. The highest BCUT2D eigenvalue weighted by Crippen LogP contribution is 2.37. The lowest BCUT2D eigenvalue weighted by atomic mass is 10.1. The van der Waals surface area contributed by atoms with E-state index >= 15 is 0 Å². The van der Waals surface area contributed by atoms with E-state index in [1.54, 1.807) is 19.4 Å². The molecule has 0 radical (unpaired) electrons. The van der Waals surface area contributed by atoms with Crippen molar-refractivity contribution in [1.82, 2.24) is 4.98 Å². The predicted molar refractivity (Wildman–Crippen MR) is 73.5 cm³/mol. The Balaban J connectivity index is 2.25. The normalized spacial score (nSPS) is 16.4. The van der Waals surface area contributed by atoms with E-state index in [-0.39, 0.29) is 18.4 Å². The van der Waals surface area contributed by atoms with Crippen LogP contribution in [0.2, 0.25) is 0 Å². The SMILES string of the molecule is COCCN(c1nccc(CN)c1F)C(C)C1CC1. The van der Waals surface area contributed by atoms with Crippen molar-refractivity contribution >= 4 is 5.82 Å². The fourth-order valence-electron chi connectivity index (χ4n) is 2.35. The second-order valence-corrected chi connectivity index (χ2v) is 5.08. The quantitative estimate of drug-likeness (QED) is 0.820. The van der Waals surface area contributed by atoms with Gasteiger partial charge in [0.05, 0.1) is 6.61 Å². The Kier molecular flexibility index (Phi) is 4.71. The first kappa shape index (κ1) is 14.2. The van der Waals surface area contributed by atoms with E-state index in [0.717, 1.165) is 0 Å². The van der Waals surface area contributed by atoms with Gasteiger partial charge in [0.15, 0.2) is 11.6 Å². The average molecular weight is 267 g/mol. The molecule has 1 saturated carbocycles. The lowest BCUT2D eigenvalue weighted by Crippen LogP contribution is -2.38. The molecule has 4 nitrogen and oxygen atoms in total. The number of nitrogens with zero attached hydrogens (tertiary/aromatic N) is 2. The third-order valence-corrected chi connectivity index (χ3v) is 3.77. The molecule has 2 N–H and O–H groups in total. The van der Waals surface area contributed by atoms with Crippen molar-refractivity contribution in [1.29, 1.82) is 0 Å². The Bertz CT molecular complexity index is 423. The zero-order chi connectivity index (χ0) is 13.8. The minimum absolute atomic E-state index is 0.192. The predicted octanol–water partition coefficient (Wildman–Crippen LogP) is 1.93. The molecular formula is C14H22FN3O. The van der Waals surface area contributed by atoms with Gasteiger partial charge in [0.2, 0.25) is 0 Å². The van der Waals surface area contributed by atoms with Gasteiger partial charge in [0, 0.05) is 38.0 Å². The molecule has 1 aliphatic carbocycles. The van der Waals surface area contributed by atoms with Crippen LogP contribution in [0, 0.1) is 11.7 Å². The maximum Gasteiger partial charge on any atom is 0.170 e. The fraction of sp³-hybridized carbons (Fsp3) is 0.643. The summed E-state index contributed by atoms with van der Waals surface area (Å²) in [5.74, 6) is 0.743. The molecule has 1 unspecified atom stereocenters. The van der Waals surface area contributed by atoms with Crippen LogP contribution in [-0.4, -0.2) is 31.3 Å². The maximum atomic E-state index is 14.4. The molecule has 2 rings (SSSR count). The van der Waals surface area contributed by atoms with Crippen molar-refractivity contribution in [2.75, 3.05) is 25.2 Å². The molecule has 0 saturated heterocycles. The average Bonchev–Trinajstić information content (AvgIpc) is 3.25. The molecular weight excluding hydrogens is 245 g/mol. The summed E-state index contributed by atoms with van der Waals surface area (Å²) in [6, 6.07) is 1.92. The van der Waals surface area contributed by atoms with Crippen molar-refractivity contribution in [3.63, 3.8) is 0 Å². The van der Waals surface area contributed by atoms with Crippen LogP contribution < -0.4 is 10.6 Å². The van der Waals surface area contributed by atoms with E-state index in [4.69, 9.17) is 10.5 Å². The minimum atomic E-state index is -0.298. The number of aromatic nitrogens is 1. The highest BCUT2D eigenvalue weighted by atomic mass is 19.1. The zero-order valence-electron chi connectivity index (χ0n) is 11.6. The number of rotatable bonds is 7. The molecule has 0 amide bonds. The van der Waals surface area contributed by atoms with Gasteiger partial charge in [0.25, 0.3) is 0 Å². The first-order valence-electron chi connectivity index (χ1n) is 6.78. The topological polar surface area (TPSA) is 51.4 Å². The van der Waals surface area contributed by atoms with Gasteiger partial charge in [-0.1, -0.05) is 0 Å². The lowest BCUT2D eigenvalue weighted by molar-refractivity contribution is 0.202. The Morgan fingerprint density at radius 1 is 1.58 bits per heavy atom. The summed E-state index contributed by atoms with van der Waals surface area (Å²) in [5, 5.41) is 0. The second-order valence-electron chi connectivity index (χ2n) is 5.08. The van der Waals surface area contributed by atoms with Crippen molar-refractivity contribution in [2.24, 2.45) is 11.7 Å². The van der Waals surface area contributed by atoms with Crippen LogP contribution in [0.1, 0.15) is 25.3 Å². The Labute approximate surface area is 113 Å². The number of methoxy groups -OCH3 is 1. The van der Waals surface area contributed by atoms with Gasteiger partial charge in [-0.25, -0.2) is 9.37 Å². The fourth-order valence-corrected chi connectivity index (χ4v) is 2.35. The van der Waals surface area contributed by atoms with Gasteiger partial charge in [-0.15, -0.1) is 0 Å². The van der Waals surface area contributed by atoms with Crippen LogP contribution in [0.4, 0.5) is 10.2 Å². The van der Waals surface area contributed by atoms with Gasteiger partial charge in [-0.3, -0.25) is 0 Å². The molecule has 0 aromatic carbocycles. The number of anilines is 1. The first-order chi connectivity index (χ1) is 9.19. The van der Waals surface area contributed by atoms with Crippen LogP contribution in [0.25, 0.3) is 0 Å². The number of hydrogen-bond acceptors (Lipinski definition) is 4. The van der Waals surface area contributed by atoms with E-state index in [9.17, 15) is 4.39 Å². The zero-order valence-corrected chi connectivity index (χ0v) is 11.6. The van der Waals surface area contributed by atoms with E-state index < -0.39 is 0 Å². The summed E-state index contributed by atoms with van der Waals surface area (Å²) in [7, 11) is 1.65. The molecule has 1 atom stereocenters. The molecule has 0 aliphatic heterocycles. The molecule has 106 valence electrons. The minimum Gasteiger partial charge on any atom is -0.383 e. The largest absolute Gasteiger partial charge is 0.383 e. The number of nitrogens with two attached hydrogens (primary N) is 1. The van der Waals surface area contributed by atoms with Crippen molar-refractivity contribution in [3.05, 3.63) is 23.6 Å². The summed E-state index contributed by atoms with van der Waals surface area (Å²) in [5.41, 5.74) is 6.07. The molecule has 1 heterocycles. The van der Waals surface area contributed by atoms with Crippen molar-refractivity contribution in [2.45, 2.75) is 32.4 Å². The summed E-state index contributed by atoms with van der Waals surface area (Å²) in [6.45, 7) is 3.53. The lowest BCUT2D eigenvalue weighted by Gasteiger charge is -2.30. The van der Waals surface area contributed by atoms with E-state index in [0.29, 0.717) is 30.5 Å². The Morgan fingerprint density at radius 2 is 2.32 bits per heavy atom. The Hall–Kier alpha value is -1.20. The van der Waals surface area contributed by atoms with Crippen LogP contribution in [0.5, 0.6) is 0 Å². The van der Waals surface area contributed by atoms with Gasteiger partial charge in [-0.2, -0.15) is 0 Å². The number of hydrogen-bond donors (Lipinski definition) is 1. The summed E-state index contributed by atoms with van der Waals surface area (Å²) >= 11 is 0. The van der Waals surface area contributed by atoms with E-state index in [1.807, 2.05) is 4.90 Å². The first-order valence-corrected chi connectivity index (χ1v) is 6.78.